The molecule has 3 nitrogen and oxygen atoms in total. The van der Waals surface area contributed by atoms with E-state index in [9.17, 15) is 4.79 Å². The number of nitrogens with two attached hydrogens (primary N) is 1. The third-order valence-electron chi connectivity index (χ3n) is 2.63. The Balaban J connectivity index is 2.15. The number of hydrogen-bond donors (Lipinski definition) is 2. The van der Waals surface area contributed by atoms with Crippen LogP contribution in [0.3, 0.4) is 0 Å². The summed E-state index contributed by atoms with van der Waals surface area (Å²) in [7, 11) is 0. The molecule has 0 aliphatic heterocycles. The minimum atomic E-state index is -0.726. The molecule has 19 heavy (non-hydrogen) atoms. The Labute approximate surface area is 124 Å². The van der Waals surface area contributed by atoms with Gasteiger partial charge >= 0.3 is 0 Å². The molecule has 0 fully saturated rings. The van der Waals surface area contributed by atoms with Crippen LogP contribution in [0.2, 0.25) is 5.02 Å². The third kappa shape index (κ3) is 3.56. The summed E-state index contributed by atoms with van der Waals surface area (Å²) >= 11 is 9.34. The van der Waals surface area contributed by atoms with Gasteiger partial charge in [0.05, 0.1) is 10.7 Å². The molecule has 0 saturated heterocycles. The van der Waals surface area contributed by atoms with Crippen LogP contribution in [0.1, 0.15) is 11.6 Å². The van der Waals surface area contributed by atoms with E-state index < -0.39 is 6.04 Å². The highest BCUT2D eigenvalue weighted by Gasteiger charge is 2.16. The summed E-state index contributed by atoms with van der Waals surface area (Å²) in [6.45, 7) is 0. The first-order chi connectivity index (χ1) is 9.08. The Morgan fingerprint density at radius 3 is 2.58 bits per heavy atom. The van der Waals surface area contributed by atoms with Gasteiger partial charge in [-0.2, -0.15) is 0 Å². The summed E-state index contributed by atoms with van der Waals surface area (Å²) in [5, 5.41) is 3.19. The van der Waals surface area contributed by atoms with Gasteiger partial charge in [0.25, 0.3) is 0 Å². The molecule has 2 aromatic rings. The molecule has 0 aliphatic rings. The predicted octanol–water partition coefficient (Wildman–Crippen LogP) is 3.74. The molecule has 98 valence electrons. The maximum absolute atomic E-state index is 12.1. The monoisotopic (exact) mass is 338 g/mol. The average molecular weight is 340 g/mol. The Hall–Kier alpha value is -1.36. The summed E-state index contributed by atoms with van der Waals surface area (Å²) in [5.41, 5.74) is 7.20. The zero-order valence-electron chi connectivity index (χ0n) is 9.94. The topological polar surface area (TPSA) is 55.1 Å². The first kappa shape index (κ1) is 14.1. The molecule has 1 amide bonds. The molecule has 0 aromatic heterocycles. The van der Waals surface area contributed by atoms with Crippen molar-refractivity contribution >= 4 is 39.1 Å². The van der Waals surface area contributed by atoms with Crippen LogP contribution in [-0.4, -0.2) is 5.91 Å². The van der Waals surface area contributed by atoms with Crippen LogP contribution in [0.5, 0.6) is 0 Å². The van der Waals surface area contributed by atoms with Gasteiger partial charge in [-0.25, -0.2) is 0 Å². The van der Waals surface area contributed by atoms with E-state index in [0.717, 1.165) is 10.0 Å². The first-order valence-electron chi connectivity index (χ1n) is 5.64. The molecule has 3 N–H and O–H groups in total. The standard InChI is InChI=1S/C14H12BrClN2O/c15-10-6-7-11(16)12(8-10)18-14(19)13(17)9-4-2-1-3-5-9/h1-8,13H,17H2,(H,18,19)/t13-/m1/s1. The van der Waals surface area contributed by atoms with Crippen LogP contribution in [-0.2, 0) is 4.79 Å². The first-order valence-corrected chi connectivity index (χ1v) is 6.81. The van der Waals surface area contributed by atoms with Crippen molar-refractivity contribution in [3.8, 4) is 0 Å². The van der Waals surface area contributed by atoms with Crippen molar-refractivity contribution in [3.63, 3.8) is 0 Å². The maximum Gasteiger partial charge on any atom is 0.245 e. The fourth-order valence-corrected chi connectivity index (χ4v) is 2.14. The minimum Gasteiger partial charge on any atom is -0.323 e. The van der Waals surface area contributed by atoms with Crippen molar-refractivity contribution in [2.75, 3.05) is 5.32 Å². The molecule has 0 radical (unpaired) electrons. The van der Waals surface area contributed by atoms with Gasteiger partial charge in [-0.1, -0.05) is 57.9 Å². The fourth-order valence-electron chi connectivity index (χ4n) is 1.62. The van der Waals surface area contributed by atoms with E-state index in [1.54, 1.807) is 18.2 Å². The lowest BCUT2D eigenvalue weighted by molar-refractivity contribution is -0.117. The lowest BCUT2D eigenvalue weighted by Gasteiger charge is -2.13. The van der Waals surface area contributed by atoms with E-state index in [0.29, 0.717) is 10.7 Å². The lowest BCUT2D eigenvalue weighted by atomic mass is 10.1. The quantitative estimate of drug-likeness (QED) is 0.895. The number of anilines is 1. The summed E-state index contributed by atoms with van der Waals surface area (Å²) in [5.74, 6) is -0.300. The normalized spacial score (nSPS) is 11.9. The summed E-state index contributed by atoms with van der Waals surface area (Å²) in [6.07, 6.45) is 0. The molecule has 0 spiro atoms. The van der Waals surface area contributed by atoms with Gasteiger partial charge in [-0.05, 0) is 23.8 Å². The second kappa shape index (κ2) is 6.19. The molecule has 0 heterocycles. The van der Waals surface area contributed by atoms with Crippen molar-refractivity contribution in [2.24, 2.45) is 5.73 Å². The number of nitrogens with one attached hydrogen (secondary N) is 1. The van der Waals surface area contributed by atoms with Gasteiger partial charge in [-0.15, -0.1) is 0 Å². The fraction of sp³-hybridized carbons (Fsp3) is 0.0714. The molecule has 0 unspecified atom stereocenters. The summed E-state index contributed by atoms with van der Waals surface area (Å²) in [6, 6.07) is 13.7. The molecule has 2 aromatic carbocycles. The smallest absolute Gasteiger partial charge is 0.245 e. The molecule has 0 bridgehead atoms. The van der Waals surface area contributed by atoms with Gasteiger partial charge in [0.2, 0.25) is 5.91 Å². The highest BCUT2D eigenvalue weighted by Crippen LogP contribution is 2.26. The van der Waals surface area contributed by atoms with Crippen molar-refractivity contribution in [2.45, 2.75) is 6.04 Å². The third-order valence-corrected chi connectivity index (χ3v) is 3.45. The molecule has 0 saturated carbocycles. The van der Waals surface area contributed by atoms with Crippen molar-refractivity contribution in [3.05, 3.63) is 63.6 Å². The Bertz CT molecular complexity index is 589. The van der Waals surface area contributed by atoms with Crippen molar-refractivity contribution in [1.29, 1.82) is 0 Å². The van der Waals surface area contributed by atoms with Crippen LogP contribution < -0.4 is 11.1 Å². The number of rotatable bonds is 3. The zero-order valence-corrected chi connectivity index (χ0v) is 12.3. The van der Waals surface area contributed by atoms with Crippen LogP contribution in [0, 0.1) is 0 Å². The number of halogens is 2. The average Bonchev–Trinajstić information content (AvgIpc) is 2.43. The van der Waals surface area contributed by atoms with Gasteiger partial charge in [0.1, 0.15) is 6.04 Å². The molecule has 2 rings (SSSR count). The van der Waals surface area contributed by atoms with Gasteiger partial charge in [0.15, 0.2) is 0 Å². The van der Waals surface area contributed by atoms with E-state index >= 15 is 0 Å². The maximum atomic E-state index is 12.1. The zero-order chi connectivity index (χ0) is 13.8. The predicted molar refractivity (Wildman–Crippen MR) is 81.2 cm³/mol. The molecule has 5 heteroatoms. The van der Waals surface area contributed by atoms with E-state index in [1.165, 1.54) is 0 Å². The van der Waals surface area contributed by atoms with Gasteiger partial charge < -0.3 is 11.1 Å². The van der Waals surface area contributed by atoms with E-state index in [1.807, 2.05) is 30.3 Å². The van der Waals surface area contributed by atoms with Crippen LogP contribution >= 0.6 is 27.5 Å². The molecule has 1 atom stereocenters. The van der Waals surface area contributed by atoms with Crippen LogP contribution in [0.4, 0.5) is 5.69 Å². The largest absolute Gasteiger partial charge is 0.323 e. The second-order valence-electron chi connectivity index (χ2n) is 4.00. The summed E-state index contributed by atoms with van der Waals surface area (Å²) < 4.78 is 0.834. The highest BCUT2D eigenvalue weighted by molar-refractivity contribution is 9.10. The summed E-state index contributed by atoms with van der Waals surface area (Å²) in [4.78, 5) is 12.1. The number of carbonyl (C=O) groups excluding carboxylic acids is 1. The van der Waals surface area contributed by atoms with E-state index in [2.05, 4.69) is 21.2 Å². The number of carbonyl (C=O) groups is 1. The Morgan fingerprint density at radius 2 is 1.89 bits per heavy atom. The number of hydrogen-bond acceptors (Lipinski definition) is 2. The molecular weight excluding hydrogens is 328 g/mol. The second-order valence-corrected chi connectivity index (χ2v) is 5.32. The van der Waals surface area contributed by atoms with Crippen LogP contribution in [0.15, 0.2) is 53.0 Å². The highest BCUT2D eigenvalue weighted by atomic mass is 79.9. The molecule has 0 aliphatic carbocycles. The van der Waals surface area contributed by atoms with Crippen LogP contribution in [0.25, 0.3) is 0 Å². The van der Waals surface area contributed by atoms with Crippen molar-refractivity contribution in [1.82, 2.24) is 0 Å². The van der Waals surface area contributed by atoms with E-state index in [4.69, 9.17) is 17.3 Å². The minimum absolute atomic E-state index is 0.300. The van der Waals surface area contributed by atoms with Gasteiger partial charge in [-0.3, -0.25) is 4.79 Å². The SMILES string of the molecule is N[C@@H](C(=O)Nc1cc(Br)ccc1Cl)c1ccccc1. The molecular formula is C14H12BrClN2O. The Kier molecular flexibility index (Phi) is 4.58. The van der Waals surface area contributed by atoms with E-state index in [-0.39, 0.29) is 5.91 Å². The van der Waals surface area contributed by atoms with Crippen molar-refractivity contribution < 1.29 is 4.79 Å². The number of amides is 1. The number of benzene rings is 2. The Morgan fingerprint density at radius 1 is 1.21 bits per heavy atom. The lowest BCUT2D eigenvalue weighted by Crippen LogP contribution is -2.27. The van der Waals surface area contributed by atoms with Gasteiger partial charge in [0, 0.05) is 4.47 Å².